The van der Waals surface area contributed by atoms with Crippen molar-refractivity contribution in [2.75, 3.05) is 7.11 Å². The number of rotatable bonds is 3. The molecule has 4 nitrogen and oxygen atoms in total. The maximum absolute atomic E-state index is 5.60. The molecule has 84 valence electrons. The standard InChI is InChI=1S/C10H8ClIN2O2/c1-15-8-3-2-6(12)4-7(8)10-13-9(5-11)16-14-10/h2-4H,5H2,1H3. The summed E-state index contributed by atoms with van der Waals surface area (Å²) in [5.74, 6) is 1.81. The largest absolute Gasteiger partial charge is 0.496 e. The van der Waals surface area contributed by atoms with Gasteiger partial charge < -0.3 is 9.26 Å². The zero-order valence-corrected chi connectivity index (χ0v) is 11.3. The molecular formula is C10H8ClIN2O2. The fourth-order valence-electron chi connectivity index (χ4n) is 1.27. The third-order valence-corrected chi connectivity index (χ3v) is 2.88. The highest BCUT2D eigenvalue weighted by atomic mass is 127. The Morgan fingerprint density at radius 1 is 1.50 bits per heavy atom. The van der Waals surface area contributed by atoms with Crippen molar-refractivity contribution in [1.82, 2.24) is 10.1 Å². The number of alkyl halides is 1. The van der Waals surface area contributed by atoms with Gasteiger partial charge in [-0.15, -0.1) is 11.6 Å². The molecule has 0 amide bonds. The molecule has 2 aromatic rings. The molecule has 0 radical (unpaired) electrons. The van der Waals surface area contributed by atoms with Crippen LogP contribution in [0.3, 0.4) is 0 Å². The van der Waals surface area contributed by atoms with Crippen LogP contribution in [0.2, 0.25) is 0 Å². The summed E-state index contributed by atoms with van der Waals surface area (Å²) in [5, 5.41) is 3.85. The fraction of sp³-hybridized carbons (Fsp3) is 0.200. The van der Waals surface area contributed by atoms with Crippen molar-refractivity contribution in [2.45, 2.75) is 5.88 Å². The lowest BCUT2D eigenvalue weighted by Gasteiger charge is -2.04. The highest BCUT2D eigenvalue weighted by molar-refractivity contribution is 14.1. The van der Waals surface area contributed by atoms with Gasteiger partial charge in [0.1, 0.15) is 11.6 Å². The van der Waals surface area contributed by atoms with Crippen LogP contribution in [0.15, 0.2) is 22.7 Å². The Kier molecular flexibility index (Phi) is 3.65. The number of hydrogen-bond donors (Lipinski definition) is 0. The molecule has 1 aromatic heterocycles. The molecule has 1 heterocycles. The van der Waals surface area contributed by atoms with E-state index in [0.29, 0.717) is 17.5 Å². The van der Waals surface area contributed by atoms with Crippen LogP contribution in [0, 0.1) is 3.57 Å². The number of methoxy groups -OCH3 is 1. The summed E-state index contributed by atoms with van der Waals surface area (Å²) >= 11 is 7.82. The third kappa shape index (κ3) is 2.30. The lowest BCUT2D eigenvalue weighted by Crippen LogP contribution is -1.90. The van der Waals surface area contributed by atoms with Gasteiger partial charge in [-0.05, 0) is 40.8 Å². The van der Waals surface area contributed by atoms with Gasteiger partial charge in [-0.1, -0.05) is 5.16 Å². The first-order valence-electron chi connectivity index (χ1n) is 4.47. The number of hydrogen-bond acceptors (Lipinski definition) is 4. The average Bonchev–Trinajstić information content (AvgIpc) is 2.77. The van der Waals surface area contributed by atoms with Crippen molar-refractivity contribution >= 4 is 34.2 Å². The summed E-state index contributed by atoms with van der Waals surface area (Å²) in [4.78, 5) is 4.16. The fourth-order valence-corrected chi connectivity index (χ4v) is 1.87. The van der Waals surface area contributed by atoms with Crippen LogP contribution < -0.4 is 4.74 Å². The minimum atomic E-state index is 0.208. The molecule has 0 saturated carbocycles. The number of halogens is 2. The van der Waals surface area contributed by atoms with Gasteiger partial charge in [-0.3, -0.25) is 0 Å². The van der Waals surface area contributed by atoms with Gasteiger partial charge in [0.15, 0.2) is 0 Å². The van der Waals surface area contributed by atoms with E-state index in [0.717, 1.165) is 9.13 Å². The molecule has 0 fully saturated rings. The first-order valence-corrected chi connectivity index (χ1v) is 6.08. The van der Waals surface area contributed by atoms with Gasteiger partial charge in [0.2, 0.25) is 11.7 Å². The smallest absolute Gasteiger partial charge is 0.241 e. The van der Waals surface area contributed by atoms with E-state index in [1.807, 2.05) is 18.2 Å². The second kappa shape index (κ2) is 5.01. The highest BCUT2D eigenvalue weighted by Gasteiger charge is 2.13. The molecule has 16 heavy (non-hydrogen) atoms. The lowest BCUT2D eigenvalue weighted by molar-refractivity contribution is 0.389. The molecule has 0 bridgehead atoms. The number of nitrogens with zero attached hydrogens (tertiary/aromatic N) is 2. The van der Waals surface area contributed by atoms with E-state index in [1.54, 1.807) is 7.11 Å². The van der Waals surface area contributed by atoms with Crippen molar-refractivity contribution in [2.24, 2.45) is 0 Å². The van der Waals surface area contributed by atoms with Crippen LogP contribution in [0.4, 0.5) is 0 Å². The molecule has 0 N–H and O–H groups in total. The molecule has 0 aliphatic heterocycles. The molecule has 2 rings (SSSR count). The van der Waals surface area contributed by atoms with E-state index in [2.05, 4.69) is 32.7 Å². The van der Waals surface area contributed by atoms with Crippen LogP contribution in [0.5, 0.6) is 5.75 Å². The second-order valence-electron chi connectivity index (χ2n) is 2.99. The Morgan fingerprint density at radius 2 is 2.31 bits per heavy atom. The third-order valence-electron chi connectivity index (χ3n) is 1.98. The normalized spacial score (nSPS) is 10.4. The van der Waals surface area contributed by atoms with Crippen molar-refractivity contribution in [3.05, 3.63) is 27.7 Å². The van der Waals surface area contributed by atoms with E-state index in [1.165, 1.54) is 0 Å². The first-order chi connectivity index (χ1) is 7.74. The van der Waals surface area contributed by atoms with Gasteiger partial charge in [-0.25, -0.2) is 0 Å². The van der Waals surface area contributed by atoms with E-state index in [4.69, 9.17) is 20.9 Å². The summed E-state index contributed by atoms with van der Waals surface area (Å²) in [6, 6.07) is 5.75. The number of benzene rings is 1. The topological polar surface area (TPSA) is 48.2 Å². The zero-order chi connectivity index (χ0) is 11.5. The monoisotopic (exact) mass is 350 g/mol. The van der Waals surface area contributed by atoms with Crippen LogP contribution in [0.25, 0.3) is 11.4 Å². The van der Waals surface area contributed by atoms with Gasteiger partial charge >= 0.3 is 0 Å². The lowest BCUT2D eigenvalue weighted by atomic mass is 10.2. The van der Waals surface area contributed by atoms with Crippen molar-refractivity contribution in [1.29, 1.82) is 0 Å². The summed E-state index contributed by atoms with van der Waals surface area (Å²) in [6.45, 7) is 0. The summed E-state index contributed by atoms with van der Waals surface area (Å²) in [7, 11) is 1.61. The Hall–Kier alpha value is -0.820. The molecule has 0 aliphatic rings. The van der Waals surface area contributed by atoms with Crippen LogP contribution >= 0.6 is 34.2 Å². The predicted molar refractivity (Wildman–Crippen MR) is 68.6 cm³/mol. The van der Waals surface area contributed by atoms with E-state index < -0.39 is 0 Å². The minimum absolute atomic E-state index is 0.208. The van der Waals surface area contributed by atoms with E-state index >= 15 is 0 Å². The first kappa shape index (κ1) is 11.7. The van der Waals surface area contributed by atoms with Gasteiger partial charge in [0.25, 0.3) is 0 Å². The molecule has 0 unspecified atom stereocenters. The quantitative estimate of drug-likeness (QED) is 0.630. The van der Waals surface area contributed by atoms with Gasteiger partial charge in [0, 0.05) is 3.57 Å². The Bertz CT molecular complexity index is 501. The second-order valence-corrected chi connectivity index (χ2v) is 4.50. The number of aromatic nitrogens is 2. The van der Waals surface area contributed by atoms with Crippen LogP contribution in [-0.4, -0.2) is 17.3 Å². The van der Waals surface area contributed by atoms with Gasteiger partial charge in [0.05, 0.1) is 12.7 Å². The van der Waals surface area contributed by atoms with Gasteiger partial charge in [-0.2, -0.15) is 4.98 Å². The molecule has 0 spiro atoms. The Balaban J connectivity index is 2.49. The molecule has 0 atom stereocenters. The zero-order valence-electron chi connectivity index (χ0n) is 8.41. The maximum Gasteiger partial charge on any atom is 0.241 e. The Labute approximate surface area is 111 Å². The van der Waals surface area contributed by atoms with Crippen molar-refractivity contribution in [3.63, 3.8) is 0 Å². The SMILES string of the molecule is COc1ccc(I)cc1-c1noc(CCl)n1. The van der Waals surface area contributed by atoms with Crippen LogP contribution in [0.1, 0.15) is 5.89 Å². The van der Waals surface area contributed by atoms with E-state index in [-0.39, 0.29) is 5.88 Å². The molecule has 6 heteroatoms. The molecular weight excluding hydrogens is 342 g/mol. The highest BCUT2D eigenvalue weighted by Crippen LogP contribution is 2.29. The summed E-state index contributed by atoms with van der Waals surface area (Å²) in [6.07, 6.45) is 0. The Morgan fingerprint density at radius 3 is 2.94 bits per heavy atom. The summed E-state index contributed by atoms with van der Waals surface area (Å²) in [5.41, 5.74) is 0.800. The molecule has 0 aliphatic carbocycles. The number of ether oxygens (including phenoxy) is 1. The van der Waals surface area contributed by atoms with Crippen molar-refractivity contribution in [3.8, 4) is 17.1 Å². The minimum Gasteiger partial charge on any atom is -0.496 e. The van der Waals surface area contributed by atoms with Crippen LogP contribution in [-0.2, 0) is 5.88 Å². The molecule has 1 aromatic carbocycles. The van der Waals surface area contributed by atoms with E-state index in [9.17, 15) is 0 Å². The summed E-state index contributed by atoms with van der Waals surface area (Å²) < 4.78 is 11.3. The average molecular weight is 351 g/mol. The van der Waals surface area contributed by atoms with Crippen molar-refractivity contribution < 1.29 is 9.26 Å². The maximum atomic E-state index is 5.60. The molecule has 0 saturated heterocycles. The predicted octanol–water partition coefficient (Wildman–Crippen LogP) is 3.09.